The Balaban J connectivity index is 2.39. The molecular formula is C9H13ClN6. The van der Waals surface area contributed by atoms with E-state index in [-0.39, 0.29) is 6.04 Å². The zero-order valence-electron chi connectivity index (χ0n) is 9.42. The first-order valence-corrected chi connectivity index (χ1v) is 5.52. The van der Waals surface area contributed by atoms with Crippen molar-refractivity contribution < 1.29 is 0 Å². The fourth-order valence-electron chi connectivity index (χ4n) is 1.29. The van der Waals surface area contributed by atoms with E-state index >= 15 is 0 Å². The third-order valence-electron chi connectivity index (χ3n) is 2.21. The third kappa shape index (κ3) is 1.80. The molecule has 6 nitrogen and oxygen atoms in total. The Bertz CT molecular complexity index is 486. The maximum Gasteiger partial charge on any atom is 0.209 e. The topological polar surface area (TPSA) is 61.4 Å². The fraction of sp³-hybridized carbons (Fsp3) is 0.556. The lowest BCUT2D eigenvalue weighted by Crippen LogP contribution is -2.04. The molecule has 0 saturated carbocycles. The van der Waals surface area contributed by atoms with Gasteiger partial charge in [0, 0.05) is 6.54 Å². The SMILES string of the molecule is CCn1ncc(-c2nnn(C(C)C)n2)c1Cl. The smallest absolute Gasteiger partial charge is 0.209 e. The van der Waals surface area contributed by atoms with Crippen molar-refractivity contribution in [3.63, 3.8) is 0 Å². The summed E-state index contributed by atoms with van der Waals surface area (Å²) >= 11 is 6.13. The highest BCUT2D eigenvalue weighted by Gasteiger charge is 2.15. The van der Waals surface area contributed by atoms with Crippen LogP contribution in [0.25, 0.3) is 11.4 Å². The van der Waals surface area contributed by atoms with Crippen molar-refractivity contribution in [2.75, 3.05) is 0 Å². The molecule has 0 atom stereocenters. The predicted molar refractivity (Wildman–Crippen MR) is 60.1 cm³/mol. The molecule has 0 unspecified atom stereocenters. The van der Waals surface area contributed by atoms with Crippen LogP contribution in [-0.2, 0) is 6.54 Å². The Hall–Kier alpha value is -1.43. The fourth-order valence-corrected chi connectivity index (χ4v) is 1.59. The number of aromatic nitrogens is 6. The van der Waals surface area contributed by atoms with E-state index in [9.17, 15) is 0 Å². The third-order valence-corrected chi connectivity index (χ3v) is 2.60. The molecule has 0 bridgehead atoms. The van der Waals surface area contributed by atoms with Crippen LogP contribution in [0.3, 0.4) is 0 Å². The average molecular weight is 241 g/mol. The molecule has 2 aromatic heterocycles. The second kappa shape index (κ2) is 4.21. The van der Waals surface area contributed by atoms with Crippen molar-refractivity contribution >= 4 is 11.6 Å². The Morgan fingerprint density at radius 2 is 2.19 bits per heavy atom. The quantitative estimate of drug-likeness (QED) is 0.821. The summed E-state index contributed by atoms with van der Waals surface area (Å²) in [5, 5.41) is 16.8. The van der Waals surface area contributed by atoms with Gasteiger partial charge in [0.25, 0.3) is 0 Å². The van der Waals surface area contributed by atoms with E-state index in [4.69, 9.17) is 11.6 Å². The number of hydrogen-bond acceptors (Lipinski definition) is 4. The van der Waals surface area contributed by atoms with Gasteiger partial charge in [-0.05, 0) is 26.0 Å². The number of tetrazole rings is 1. The van der Waals surface area contributed by atoms with Gasteiger partial charge in [-0.25, -0.2) is 0 Å². The summed E-state index contributed by atoms with van der Waals surface area (Å²) in [6.45, 7) is 6.67. The summed E-state index contributed by atoms with van der Waals surface area (Å²) < 4.78 is 1.69. The van der Waals surface area contributed by atoms with Gasteiger partial charge in [0.15, 0.2) is 0 Å². The van der Waals surface area contributed by atoms with Gasteiger partial charge in [-0.3, -0.25) is 4.68 Å². The van der Waals surface area contributed by atoms with Gasteiger partial charge in [0.05, 0.1) is 17.8 Å². The van der Waals surface area contributed by atoms with E-state index < -0.39 is 0 Å². The van der Waals surface area contributed by atoms with E-state index in [1.165, 1.54) is 0 Å². The van der Waals surface area contributed by atoms with Crippen LogP contribution >= 0.6 is 11.6 Å². The van der Waals surface area contributed by atoms with E-state index in [0.29, 0.717) is 11.0 Å². The number of nitrogens with zero attached hydrogens (tertiary/aromatic N) is 6. The molecule has 0 saturated heterocycles. The molecule has 86 valence electrons. The van der Waals surface area contributed by atoms with Crippen LogP contribution < -0.4 is 0 Å². The van der Waals surface area contributed by atoms with Crippen molar-refractivity contribution in [3.05, 3.63) is 11.3 Å². The zero-order valence-corrected chi connectivity index (χ0v) is 10.2. The van der Waals surface area contributed by atoms with E-state index in [0.717, 1.165) is 12.1 Å². The summed E-state index contributed by atoms with van der Waals surface area (Å²) in [6.07, 6.45) is 1.66. The number of aryl methyl sites for hydroxylation is 1. The first-order chi connectivity index (χ1) is 7.63. The van der Waals surface area contributed by atoms with E-state index in [1.54, 1.807) is 15.7 Å². The van der Waals surface area contributed by atoms with Crippen molar-refractivity contribution in [3.8, 4) is 11.4 Å². The van der Waals surface area contributed by atoms with Gasteiger partial charge in [-0.2, -0.15) is 9.90 Å². The van der Waals surface area contributed by atoms with Crippen molar-refractivity contribution in [1.29, 1.82) is 0 Å². The van der Waals surface area contributed by atoms with Gasteiger partial charge in [-0.15, -0.1) is 10.2 Å². The molecule has 0 radical (unpaired) electrons. The first kappa shape index (κ1) is 11.1. The Labute approximate surface area is 98.2 Å². The molecule has 0 aliphatic carbocycles. The van der Waals surface area contributed by atoms with Gasteiger partial charge in [-0.1, -0.05) is 11.6 Å². The lowest BCUT2D eigenvalue weighted by molar-refractivity contribution is 0.455. The lowest BCUT2D eigenvalue weighted by atomic mass is 10.3. The number of rotatable bonds is 3. The highest BCUT2D eigenvalue weighted by Crippen LogP contribution is 2.24. The highest BCUT2D eigenvalue weighted by molar-refractivity contribution is 6.32. The highest BCUT2D eigenvalue weighted by atomic mass is 35.5. The van der Waals surface area contributed by atoms with Gasteiger partial charge in [0.2, 0.25) is 5.82 Å². The largest absolute Gasteiger partial charge is 0.254 e. The van der Waals surface area contributed by atoms with Gasteiger partial charge < -0.3 is 0 Å². The zero-order chi connectivity index (χ0) is 11.7. The van der Waals surface area contributed by atoms with Crippen LogP contribution in [-0.4, -0.2) is 30.0 Å². The van der Waals surface area contributed by atoms with Crippen LogP contribution in [0.4, 0.5) is 0 Å². The molecule has 0 amide bonds. The standard InChI is InChI=1S/C9H13ClN6/c1-4-15-8(10)7(5-11-15)9-12-14-16(13-9)6(2)3/h5-6H,4H2,1-3H3. The minimum absolute atomic E-state index is 0.182. The molecule has 0 aliphatic heterocycles. The Kier molecular flexibility index (Phi) is 2.91. The molecule has 2 rings (SSSR count). The second-order valence-corrected chi connectivity index (χ2v) is 4.05. The Morgan fingerprint density at radius 1 is 1.44 bits per heavy atom. The summed E-state index contributed by atoms with van der Waals surface area (Å²) in [5.74, 6) is 0.512. The molecule has 0 aromatic carbocycles. The molecule has 0 fully saturated rings. The maximum absolute atomic E-state index is 6.13. The van der Waals surface area contributed by atoms with E-state index in [1.807, 2.05) is 20.8 Å². The second-order valence-electron chi connectivity index (χ2n) is 3.69. The summed E-state index contributed by atoms with van der Waals surface area (Å²) in [5.41, 5.74) is 0.718. The monoisotopic (exact) mass is 240 g/mol. The maximum atomic E-state index is 6.13. The Morgan fingerprint density at radius 3 is 2.69 bits per heavy atom. The minimum atomic E-state index is 0.182. The molecule has 2 aromatic rings. The van der Waals surface area contributed by atoms with Crippen LogP contribution in [0.1, 0.15) is 26.8 Å². The molecule has 0 N–H and O–H groups in total. The van der Waals surface area contributed by atoms with Crippen LogP contribution in [0.2, 0.25) is 5.15 Å². The molecular weight excluding hydrogens is 228 g/mol. The minimum Gasteiger partial charge on any atom is -0.254 e. The van der Waals surface area contributed by atoms with Crippen molar-refractivity contribution in [2.45, 2.75) is 33.4 Å². The first-order valence-electron chi connectivity index (χ1n) is 5.14. The van der Waals surface area contributed by atoms with Crippen molar-refractivity contribution in [2.24, 2.45) is 0 Å². The molecule has 7 heteroatoms. The predicted octanol–water partition coefficient (Wildman–Crippen LogP) is 1.79. The summed E-state index contributed by atoms with van der Waals surface area (Å²) in [4.78, 5) is 1.55. The molecule has 16 heavy (non-hydrogen) atoms. The molecule has 0 aliphatic rings. The van der Waals surface area contributed by atoms with Gasteiger partial charge >= 0.3 is 0 Å². The van der Waals surface area contributed by atoms with Crippen LogP contribution in [0, 0.1) is 0 Å². The molecule has 2 heterocycles. The van der Waals surface area contributed by atoms with Crippen LogP contribution in [0.15, 0.2) is 6.20 Å². The molecule has 0 spiro atoms. The summed E-state index contributed by atoms with van der Waals surface area (Å²) in [6, 6.07) is 0.182. The number of halogens is 1. The van der Waals surface area contributed by atoms with Crippen molar-refractivity contribution in [1.82, 2.24) is 30.0 Å². The van der Waals surface area contributed by atoms with Gasteiger partial charge in [0.1, 0.15) is 5.15 Å². The number of hydrogen-bond donors (Lipinski definition) is 0. The lowest BCUT2D eigenvalue weighted by Gasteiger charge is -1.99. The normalized spacial score (nSPS) is 11.3. The van der Waals surface area contributed by atoms with E-state index in [2.05, 4.69) is 20.5 Å². The van der Waals surface area contributed by atoms with Crippen LogP contribution in [0.5, 0.6) is 0 Å². The average Bonchev–Trinajstić information content (AvgIpc) is 2.83. The summed E-state index contributed by atoms with van der Waals surface area (Å²) in [7, 11) is 0.